The highest BCUT2D eigenvalue weighted by Gasteiger charge is 2.28. The second-order valence-corrected chi connectivity index (χ2v) is 10.3. The van der Waals surface area contributed by atoms with Crippen LogP contribution in [-0.2, 0) is 18.3 Å². The van der Waals surface area contributed by atoms with Gasteiger partial charge in [-0.1, -0.05) is 30.3 Å². The molecule has 0 saturated heterocycles. The third-order valence-electron chi connectivity index (χ3n) is 2.87. The van der Waals surface area contributed by atoms with Crippen molar-refractivity contribution in [3.8, 4) is 0 Å². The van der Waals surface area contributed by atoms with Crippen LogP contribution in [0.15, 0.2) is 30.3 Å². The average molecular weight is 389 g/mol. The topological polar surface area (TPSA) is 73.9 Å². The van der Waals surface area contributed by atoms with E-state index in [0.717, 1.165) is 16.9 Å². The van der Waals surface area contributed by atoms with Crippen LogP contribution in [0.25, 0.3) is 0 Å². The number of carbonyl (C=O) groups excluding carboxylic acids is 1. The maximum atomic E-state index is 12.6. The summed E-state index contributed by atoms with van der Waals surface area (Å²) in [4.78, 5) is 12.1. The van der Waals surface area contributed by atoms with Crippen LogP contribution in [0.5, 0.6) is 0 Å². The quantitative estimate of drug-likeness (QED) is 0.588. The Hall–Kier alpha value is -1.01. The molecule has 0 bridgehead atoms. The van der Waals surface area contributed by atoms with Crippen LogP contribution in [0, 0.1) is 0 Å². The molecular formula is C17H28NO5PS. The minimum atomic E-state index is -3.25. The number of alkyl carbamates (subject to hydrolysis) is 1. The highest BCUT2D eigenvalue weighted by molar-refractivity contribution is 8.55. The van der Waals surface area contributed by atoms with E-state index >= 15 is 0 Å². The van der Waals surface area contributed by atoms with Crippen molar-refractivity contribution in [3.05, 3.63) is 35.9 Å². The maximum absolute atomic E-state index is 12.6. The summed E-state index contributed by atoms with van der Waals surface area (Å²) in [6, 6.07) is 9.08. The zero-order valence-electron chi connectivity index (χ0n) is 15.5. The summed E-state index contributed by atoms with van der Waals surface area (Å²) in [5, 5.41) is 2.83. The minimum Gasteiger partial charge on any atom is -0.444 e. The van der Waals surface area contributed by atoms with Crippen molar-refractivity contribution in [1.29, 1.82) is 0 Å². The third kappa shape index (κ3) is 8.77. The van der Waals surface area contributed by atoms with E-state index in [9.17, 15) is 9.36 Å². The molecule has 1 rings (SSSR count). The molecule has 0 radical (unpaired) electrons. The minimum absolute atomic E-state index is 0.291. The number of amides is 1. The molecule has 0 aliphatic carbocycles. The highest BCUT2D eigenvalue weighted by atomic mass is 32.7. The second-order valence-electron chi connectivity index (χ2n) is 6.19. The summed E-state index contributed by atoms with van der Waals surface area (Å²) in [7, 11) is 0. The molecule has 1 aromatic rings. The van der Waals surface area contributed by atoms with E-state index in [1.807, 2.05) is 30.3 Å². The van der Waals surface area contributed by atoms with Crippen molar-refractivity contribution in [2.24, 2.45) is 0 Å². The molecule has 1 aromatic carbocycles. The molecule has 1 amide bonds. The zero-order chi connectivity index (χ0) is 18.9. The number of hydrogen-bond acceptors (Lipinski definition) is 6. The second kappa shape index (κ2) is 10.2. The lowest BCUT2D eigenvalue weighted by Crippen LogP contribution is -2.35. The molecule has 0 fully saturated rings. The third-order valence-corrected chi connectivity index (χ3v) is 6.84. The van der Waals surface area contributed by atoms with Gasteiger partial charge in [0.05, 0.1) is 19.3 Å². The summed E-state index contributed by atoms with van der Waals surface area (Å²) in [5.41, 5.74) is 0.296. The highest BCUT2D eigenvalue weighted by Crippen LogP contribution is 2.61. The van der Waals surface area contributed by atoms with Gasteiger partial charge in [0.15, 0.2) is 0 Å². The van der Waals surface area contributed by atoms with Gasteiger partial charge < -0.3 is 19.1 Å². The van der Waals surface area contributed by atoms with Crippen molar-refractivity contribution >= 4 is 24.3 Å². The first-order chi connectivity index (χ1) is 11.7. The fourth-order valence-electron chi connectivity index (χ4n) is 1.95. The van der Waals surface area contributed by atoms with Gasteiger partial charge in [0.2, 0.25) is 0 Å². The van der Waals surface area contributed by atoms with E-state index < -0.39 is 18.5 Å². The lowest BCUT2D eigenvalue weighted by molar-refractivity contribution is 0.0509. The molecule has 8 heteroatoms. The molecular weight excluding hydrogens is 361 g/mol. The first-order valence-corrected chi connectivity index (χ1v) is 11.4. The van der Waals surface area contributed by atoms with Gasteiger partial charge in [-0.15, -0.1) is 0 Å². The number of nitrogens with one attached hydrogen (secondary N) is 1. The summed E-state index contributed by atoms with van der Waals surface area (Å²) in [6.07, 6.45) is -0.524. The van der Waals surface area contributed by atoms with Crippen LogP contribution in [-0.4, -0.2) is 30.7 Å². The van der Waals surface area contributed by atoms with Gasteiger partial charge in [-0.05, 0) is 51.6 Å². The molecule has 0 aliphatic heterocycles. The summed E-state index contributed by atoms with van der Waals surface area (Å²) in [5.74, 6) is 0.334. The Morgan fingerprint density at radius 1 is 1.16 bits per heavy atom. The fraction of sp³-hybridized carbons (Fsp3) is 0.588. The maximum Gasteiger partial charge on any atom is 0.408 e. The number of carbonyl (C=O) groups is 1. The van der Waals surface area contributed by atoms with Crippen molar-refractivity contribution in [2.75, 3.05) is 19.0 Å². The lowest BCUT2D eigenvalue weighted by Gasteiger charge is -2.25. The van der Waals surface area contributed by atoms with Gasteiger partial charge in [-0.2, -0.15) is 0 Å². The lowest BCUT2D eigenvalue weighted by atomic mass is 10.1. The monoisotopic (exact) mass is 389 g/mol. The molecule has 0 saturated carbocycles. The summed E-state index contributed by atoms with van der Waals surface area (Å²) in [6.45, 7) is 6.27. The molecule has 0 heterocycles. The van der Waals surface area contributed by atoms with Crippen LogP contribution in [0.2, 0.25) is 0 Å². The van der Waals surface area contributed by atoms with Gasteiger partial charge in [-0.3, -0.25) is 0 Å². The van der Waals surface area contributed by atoms with Gasteiger partial charge in [0.25, 0.3) is 0 Å². The largest absolute Gasteiger partial charge is 0.444 e. The Bertz CT molecular complexity index is 566. The zero-order valence-corrected chi connectivity index (χ0v) is 17.2. The van der Waals surface area contributed by atoms with Crippen molar-refractivity contribution in [2.45, 2.75) is 46.3 Å². The first kappa shape index (κ1) is 22.0. The molecule has 1 N–H and O–H groups in total. The van der Waals surface area contributed by atoms with E-state index in [0.29, 0.717) is 19.0 Å². The number of rotatable bonds is 9. The normalized spacial score (nSPS) is 13.3. The average Bonchev–Trinajstić information content (AvgIpc) is 2.51. The van der Waals surface area contributed by atoms with Crippen LogP contribution < -0.4 is 5.32 Å². The standard InChI is InChI=1S/C17H28NO5PS/c1-6-21-24(20,22-7-2)25-13-15(14-11-9-8-10-12-14)18-16(19)23-17(3,4)5/h8-12,15H,6-7,13H2,1-5H3,(H,18,19). The van der Waals surface area contributed by atoms with Gasteiger partial charge in [0, 0.05) is 5.75 Å². The molecule has 1 atom stereocenters. The summed E-state index contributed by atoms with van der Waals surface area (Å²) < 4.78 is 28.6. The Morgan fingerprint density at radius 2 is 1.72 bits per heavy atom. The van der Waals surface area contributed by atoms with E-state index in [1.54, 1.807) is 34.6 Å². The van der Waals surface area contributed by atoms with Crippen molar-refractivity contribution in [3.63, 3.8) is 0 Å². The molecule has 0 aliphatic rings. The molecule has 0 aromatic heterocycles. The Labute approximate surface area is 154 Å². The van der Waals surface area contributed by atoms with E-state index in [1.165, 1.54) is 0 Å². The predicted molar refractivity (Wildman–Crippen MR) is 102 cm³/mol. The smallest absolute Gasteiger partial charge is 0.408 e. The number of ether oxygens (including phenoxy) is 1. The van der Waals surface area contributed by atoms with E-state index in [2.05, 4.69) is 5.32 Å². The predicted octanol–water partition coefficient (Wildman–Crippen LogP) is 5.17. The molecule has 142 valence electrons. The molecule has 25 heavy (non-hydrogen) atoms. The van der Waals surface area contributed by atoms with Gasteiger partial charge >= 0.3 is 12.9 Å². The van der Waals surface area contributed by atoms with Crippen molar-refractivity contribution in [1.82, 2.24) is 5.32 Å². The SMILES string of the molecule is CCOP(=O)(OCC)SCC(NC(=O)OC(C)(C)C)c1ccccc1. The Kier molecular flexibility index (Phi) is 9.00. The van der Waals surface area contributed by atoms with Crippen LogP contribution in [0.4, 0.5) is 4.79 Å². The number of benzene rings is 1. The van der Waals surface area contributed by atoms with Gasteiger partial charge in [0.1, 0.15) is 5.60 Å². The van der Waals surface area contributed by atoms with Crippen LogP contribution >= 0.6 is 18.2 Å². The molecule has 1 unspecified atom stereocenters. The Morgan fingerprint density at radius 3 is 2.20 bits per heavy atom. The Balaban J connectivity index is 2.85. The molecule has 6 nitrogen and oxygen atoms in total. The van der Waals surface area contributed by atoms with E-state index in [-0.39, 0.29) is 6.04 Å². The van der Waals surface area contributed by atoms with Crippen LogP contribution in [0.1, 0.15) is 46.2 Å². The number of hydrogen-bond donors (Lipinski definition) is 1. The summed E-state index contributed by atoms with van der Waals surface area (Å²) >= 11 is 1.08. The molecule has 0 spiro atoms. The van der Waals surface area contributed by atoms with E-state index in [4.69, 9.17) is 13.8 Å². The van der Waals surface area contributed by atoms with Gasteiger partial charge in [-0.25, -0.2) is 9.36 Å². The first-order valence-electron chi connectivity index (χ1n) is 8.27. The van der Waals surface area contributed by atoms with Crippen molar-refractivity contribution < 1.29 is 23.1 Å². The fourth-order valence-corrected chi connectivity index (χ4v) is 5.49. The van der Waals surface area contributed by atoms with Crippen LogP contribution in [0.3, 0.4) is 0 Å².